The minimum absolute atomic E-state index is 0.0288. The maximum atomic E-state index is 13.6. The molecule has 1 aromatic rings. The van der Waals surface area contributed by atoms with Crippen LogP contribution in [-0.4, -0.2) is 5.97 Å². The third-order valence-electron chi connectivity index (χ3n) is 4.78. The predicted molar refractivity (Wildman–Crippen MR) is 74.1 cm³/mol. The van der Waals surface area contributed by atoms with Gasteiger partial charge in [-0.1, -0.05) is 25.5 Å². The first-order chi connectivity index (χ1) is 11.2. The molecule has 0 bridgehead atoms. The Morgan fingerprint density at radius 3 is 2.04 bits per heavy atom. The quantitative estimate of drug-likeness (QED) is 0.265. The van der Waals surface area contributed by atoms with E-state index in [0.29, 0.717) is 0 Å². The van der Waals surface area contributed by atoms with Gasteiger partial charge < -0.3 is 4.74 Å². The highest BCUT2D eigenvalue weighted by Gasteiger charge is 2.61. The van der Waals surface area contributed by atoms with Crippen molar-refractivity contribution in [3.05, 3.63) is 46.3 Å². The third kappa shape index (κ3) is 2.70. The zero-order valence-electron chi connectivity index (χ0n) is 13.1. The minimum atomic E-state index is -2.24. The third-order valence-corrected chi connectivity index (χ3v) is 4.78. The van der Waals surface area contributed by atoms with Gasteiger partial charge in [0.25, 0.3) is 0 Å². The summed E-state index contributed by atoms with van der Waals surface area (Å²) in [5.41, 5.74) is -0.235. The van der Waals surface area contributed by atoms with E-state index in [9.17, 15) is 26.7 Å². The first-order valence-electron chi connectivity index (χ1n) is 7.52. The van der Waals surface area contributed by atoms with E-state index in [1.165, 1.54) is 5.57 Å². The standard InChI is InChI=1S/C17H15F5O2/c1-17(2)9(5-7-3-4-7)10(17)16(23)24-6-8-11(18)13(20)15(22)14(21)12(8)19/h5,9-10H,3-4,6H2,1-2H3. The Labute approximate surface area is 135 Å². The summed E-state index contributed by atoms with van der Waals surface area (Å²) in [4.78, 5) is 12.1. The van der Waals surface area contributed by atoms with Gasteiger partial charge in [0.05, 0.1) is 11.5 Å². The van der Waals surface area contributed by atoms with Gasteiger partial charge in [0, 0.05) is 0 Å². The van der Waals surface area contributed by atoms with Gasteiger partial charge >= 0.3 is 5.97 Å². The van der Waals surface area contributed by atoms with Crippen LogP contribution in [0.4, 0.5) is 22.0 Å². The summed E-state index contributed by atoms with van der Waals surface area (Å²) in [5.74, 6) is -11.5. The smallest absolute Gasteiger partial charge is 0.310 e. The second kappa shape index (κ2) is 5.57. The molecule has 2 aliphatic rings. The normalized spacial score (nSPS) is 23.9. The Morgan fingerprint density at radius 1 is 1.04 bits per heavy atom. The second-order valence-corrected chi connectivity index (χ2v) is 6.81. The van der Waals surface area contributed by atoms with Crippen LogP contribution in [0.5, 0.6) is 0 Å². The van der Waals surface area contributed by atoms with Crippen molar-refractivity contribution in [3.63, 3.8) is 0 Å². The summed E-state index contributed by atoms with van der Waals surface area (Å²) in [6.45, 7) is 2.73. The zero-order chi connectivity index (χ0) is 17.8. The lowest BCUT2D eigenvalue weighted by Crippen LogP contribution is -2.14. The number of ether oxygens (including phenoxy) is 1. The van der Waals surface area contributed by atoms with E-state index in [4.69, 9.17) is 4.74 Å². The van der Waals surface area contributed by atoms with Gasteiger partial charge in [0.15, 0.2) is 23.3 Å². The summed E-state index contributed by atoms with van der Waals surface area (Å²) >= 11 is 0. The van der Waals surface area contributed by atoms with Gasteiger partial charge in [-0.25, -0.2) is 22.0 Å². The summed E-state index contributed by atoms with van der Waals surface area (Å²) in [6, 6.07) is 0. The zero-order valence-corrected chi connectivity index (χ0v) is 13.1. The summed E-state index contributed by atoms with van der Waals surface area (Å²) in [7, 11) is 0. The molecule has 1 aromatic carbocycles. The molecule has 0 spiro atoms. The van der Waals surface area contributed by atoms with Crippen LogP contribution in [0.2, 0.25) is 0 Å². The highest BCUT2D eigenvalue weighted by molar-refractivity contribution is 5.78. The fourth-order valence-electron chi connectivity index (χ4n) is 2.94. The van der Waals surface area contributed by atoms with Crippen molar-refractivity contribution < 1.29 is 31.5 Å². The number of rotatable bonds is 4. The van der Waals surface area contributed by atoms with Crippen molar-refractivity contribution in [2.24, 2.45) is 17.3 Å². The maximum Gasteiger partial charge on any atom is 0.310 e. The molecule has 7 heteroatoms. The van der Waals surface area contributed by atoms with Gasteiger partial charge in [-0.05, 0) is 24.2 Å². The second-order valence-electron chi connectivity index (χ2n) is 6.81. The van der Waals surface area contributed by atoms with Gasteiger partial charge in [0.2, 0.25) is 5.82 Å². The van der Waals surface area contributed by atoms with Crippen LogP contribution in [0.15, 0.2) is 11.6 Å². The minimum Gasteiger partial charge on any atom is -0.460 e. The Balaban J connectivity index is 1.73. The van der Waals surface area contributed by atoms with E-state index >= 15 is 0 Å². The number of benzene rings is 1. The van der Waals surface area contributed by atoms with Crippen molar-refractivity contribution >= 4 is 5.97 Å². The van der Waals surface area contributed by atoms with Gasteiger partial charge in [-0.15, -0.1) is 0 Å². The van der Waals surface area contributed by atoms with E-state index in [2.05, 4.69) is 0 Å². The topological polar surface area (TPSA) is 26.3 Å². The molecule has 3 rings (SSSR count). The number of carbonyl (C=O) groups is 1. The van der Waals surface area contributed by atoms with E-state index in [1.807, 2.05) is 19.9 Å². The Morgan fingerprint density at radius 2 is 1.54 bits per heavy atom. The van der Waals surface area contributed by atoms with Crippen LogP contribution in [0, 0.1) is 46.3 Å². The van der Waals surface area contributed by atoms with E-state index in [1.54, 1.807) is 0 Å². The average Bonchev–Trinajstić information content (AvgIpc) is 3.42. The lowest BCUT2D eigenvalue weighted by atomic mass is 10.1. The number of allylic oxidation sites excluding steroid dienone is 2. The first kappa shape index (κ1) is 16.9. The lowest BCUT2D eigenvalue weighted by Gasteiger charge is -2.09. The molecule has 2 unspecified atom stereocenters. The molecular weight excluding hydrogens is 331 g/mol. The molecule has 0 radical (unpaired) electrons. The molecule has 2 nitrogen and oxygen atoms in total. The van der Waals surface area contributed by atoms with Crippen molar-refractivity contribution in [2.75, 3.05) is 0 Å². The molecule has 0 amide bonds. The Hall–Kier alpha value is -1.92. The van der Waals surface area contributed by atoms with Gasteiger partial charge in [-0.3, -0.25) is 4.79 Å². The van der Waals surface area contributed by atoms with Crippen LogP contribution >= 0.6 is 0 Å². The highest BCUT2D eigenvalue weighted by atomic mass is 19.2. The van der Waals surface area contributed by atoms with Crippen LogP contribution in [-0.2, 0) is 16.1 Å². The number of hydrogen-bond acceptors (Lipinski definition) is 2. The highest BCUT2D eigenvalue weighted by Crippen LogP contribution is 2.60. The molecule has 2 atom stereocenters. The van der Waals surface area contributed by atoms with Crippen molar-refractivity contribution in [2.45, 2.75) is 33.3 Å². The first-order valence-corrected chi connectivity index (χ1v) is 7.52. The summed E-state index contributed by atoms with van der Waals surface area (Å²) in [5, 5.41) is 0. The maximum absolute atomic E-state index is 13.6. The molecule has 0 heterocycles. The largest absolute Gasteiger partial charge is 0.460 e. The lowest BCUT2D eigenvalue weighted by molar-refractivity contribution is -0.147. The van der Waals surface area contributed by atoms with Crippen LogP contribution < -0.4 is 0 Å². The Bertz CT molecular complexity index is 719. The van der Waals surface area contributed by atoms with Crippen molar-refractivity contribution in [1.82, 2.24) is 0 Å². The fourth-order valence-corrected chi connectivity index (χ4v) is 2.94. The summed E-state index contributed by atoms with van der Waals surface area (Å²) < 4.78 is 71.2. The summed E-state index contributed by atoms with van der Waals surface area (Å²) in [6.07, 6.45) is 4.00. The van der Waals surface area contributed by atoms with E-state index < -0.39 is 53.1 Å². The molecule has 2 aliphatic carbocycles. The molecule has 0 saturated heterocycles. The molecule has 24 heavy (non-hydrogen) atoms. The van der Waals surface area contributed by atoms with Gasteiger partial charge in [-0.2, -0.15) is 0 Å². The van der Waals surface area contributed by atoms with Crippen LogP contribution in [0.1, 0.15) is 32.3 Å². The molecule has 130 valence electrons. The SMILES string of the molecule is CC1(C)C(C=C2CC2)C1C(=O)OCc1c(F)c(F)c(F)c(F)c1F. The average molecular weight is 346 g/mol. The molecular formula is C17H15F5O2. The molecule has 2 fully saturated rings. The molecule has 2 saturated carbocycles. The number of hydrogen-bond donors (Lipinski definition) is 0. The van der Waals surface area contributed by atoms with Crippen molar-refractivity contribution in [1.29, 1.82) is 0 Å². The molecule has 0 aromatic heterocycles. The molecule has 0 aliphatic heterocycles. The fraction of sp³-hybridized carbons (Fsp3) is 0.471. The van der Waals surface area contributed by atoms with Gasteiger partial charge in [0.1, 0.15) is 6.61 Å². The monoisotopic (exact) mass is 346 g/mol. The predicted octanol–water partition coefficient (Wildman–Crippen LogP) is 4.42. The number of carbonyl (C=O) groups excluding carboxylic acids is 1. The number of halogens is 5. The molecule has 0 N–H and O–H groups in total. The number of esters is 1. The van der Waals surface area contributed by atoms with E-state index in [-0.39, 0.29) is 11.3 Å². The van der Waals surface area contributed by atoms with Crippen LogP contribution in [0.3, 0.4) is 0 Å². The van der Waals surface area contributed by atoms with Crippen LogP contribution in [0.25, 0.3) is 0 Å². The van der Waals surface area contributed by atoms with E-state index in [0.717, 1.165) is 12.8 Å². The Kier molecular flexibility index (Phi) is 3.92. The van der Waals surface area contributed by atoms with Crippen molar-refractivity contribution in [3.8, 4) is 0 Å².